The lowest BCUT2D eigenvalue weighted by atomic mass is 10.3. The van der Waals surface area contributed by atoms with Gasteiger partial charge in [0.2, 0.25) is 10.0 Å². The third-order valence-electron chi connectivity index (χ3n) is 4.50. The highest BCUT2D eigenvalue weighted by Crippen LogP contribution is 2.22. The fourth-order valence-electron chi connectivity index (χ4n) is 3.03. The van der Waals surface area contributed by atoms with E-state index in [0.717, 1.165) is 17.6 Å². The summed E-state index contributed by atoms with van der Waals surface area (Å²) in [7, 11) is -2.60. The summed E-state index contributed by atoms with van der Waals surface area (Å²) in [5.74, 6) is 0.619. The van der Waals surface area contributed by atoms with Crippen molar-refractivity contribution in [2.75, 3.05) is 44.7 Å². The maximum Gasteiger partial charge on any atom is 0.244 e. The minimum atomic E-state index is -3.57. The van der Waals surface area contributed by atoms with E-state index in [0.29, 0.717) is 37.6 Å². The van der Waals surface area contributed by atoms with Crippen LogP contribution < -0.4 is 0 Å². The van der Waals surface area contributed by atoms with Crippen LogP contribution in [-0.4, -0.2) is 81.3 Å². The van der Waals surface area contributed by atoms with E-state index in [9.17, 15) is 12.6 Å². The molecular weight excluding hydrogens is 362 g/mol. The number of piperazine rings is 1. The number of pyridine rings is 1. The number of hydrogen-bond donors (Lipinski definition) is 0. The van der Waals surface area contributed by atoms with Gasteiger partial charge in [-0.2, -0.15) is 9.40 Å². The van der Waals surface area contributed by atoms with Gasteiger partial charge in [-0.05, 0) is 13.0 Å². The second-order valence-electron chi connectivity index (χ2n) is 6.27. The van der Waals surface area contributed by atoms with E-state index < -0.39 is 20.8 Å². The topological polar surface area (TPSA) is 88.4 Å². The summed E-state index contributed by atoms with van der Waals surface area (Å²) in [5, 5.41) is 5.04. The summed E-state index contributed by atoms with van der Waals surface area (Å²) >= 11 is 0. The normalized spacial score (nSPS) is 18.7. The number of hydrogen-bond acceptors (Lipinski definition) is 6. The van der Waals surface area contributed by atoms with Crippen LogP contribution in [-0.2, 0) is 27.9 Å². The van der Waals surface area contributed by atoms with Gasteiger partial charge in [0.05, 0.1) is 5.69 Å². The van der Waals surface area contributed by atoms with E-state index >= 15 is 0 Å². The van der Waals surface area contributed by atoms with Crippen LogP contribution in [0.4, 0.5) is 0 Å². The molecule has 2 aromatic rings. The molecule has 1 aliphatic heterocycles. The largest absolute Gasteiger partial charge is 0.300 e. The van der Waals surface area contributed by atoms with Gasteiger partial charge in [-0.25, -0.2) is 13.4 Å². The van der Waals surface area contributed by atoms with Crippen molar-refractivity contribution in [3.05, 3.63) is 18.0 Å². The Kier molecular flexibility index (Phi) is 5.24. The molecule has 0 radical (unpaired) electrons. The molecule has 0 spiro atoms. The highest BCUT2D eigenvalue weighted by molar-refractivity contribution is 7.89. The molecule has 8 nitrogen and oxygen atoms in total. The highest BCUT2D eigenvalue weighted by atomic mass is 32.2. The Hall–Kier alpha value is -1.36. The van der Waals surface area contributed by atoms with E-state index in [1.807, 2.05) is 6.92 Å². The van der Waals surface area contributed by atoms with Crippen LogP contribution >= 0.6 is 0 Å². The summed E-state index contributed by atoms with van der Waals surface area (Å²) in [4.78, 5) is 6.64. The molecule has 0 aliphatic carbocycles. The van der Waals surface area contributed by atoms with Crippen LogP contribution in [0.15, 0.2) is 17.2 Å². The molecule has 0 bridgehead atoms. The van der Waals surface area contributed by atoms with Crippen LogP contribution in [0.25, 0.3) is 11.0 Å². The maximum absolute atomic E-state index is 12.9. The smallest absolute Gasteiger partial charge is 0.244 e. The van der Waals surface area contributed by atoms with E-state index in [1.165, 1.54) is 10.5 Å². The fraction of sp³-hybridized carbons (Fsp3) is 0.600. The SMILES string of the molecule is Cc1nn(C)c2ncc(S(=O)(=O)N3CCN(CCS(C)=O)CC3)cc12. The van der Waals surface area contributed by atoms with Crippen molar-refractivity contribution in [1.82, 2.24) is 24.0 Å². The monoisotopic (exact) mass is 385 g/mol. The van der Waals surface area contributed by atoms with Crippen LogP contribution in [0.3, 0.4) is 0 Å². The molecule has 2 aromatic heterocycles. The lowest BCUT2D eigenvalue weighted by molar-refractivity contribution is 0.197. The molecule has 0 saturated carbocycles. The highest BCUT2D eigenvalue weighted by Gasteiger charge is 2.29. The molecule has 0 amide bonds. The van der Waals surface area contributed by atoms with E-state index in [2.05, 4.69) is 15.0 Å². The van der Waals surface area contributed by atoms with Crippen LogP contribution in [0, 0.1) is 6.92 Å². The van der Waals surface area contributed by atoms with Gasteiger partial charge in [0.15, 0.2) is 5.65 Å². The molecule has 0 N–H and O–H groups in total. The van der Waals surface area contributed by atoms with Crippen molar-refractivity contribution in [2.45, 2.75) is 11.8 Å². The lowest BCUT2D eigenvalue weighted by Gasteiger charge is -2.33. The van der Waals surface area contributed by atoms with E-state index in [4.69, 9.17) is 0 Å². The van der Waals surface area contributed by atoms with Crippen molar-refractivity contribution >= 4 is 31.9 Å². The predicted octanol–water partition coefficient (Wildman–Crippen LogP) is -0.0385. The van der Waals surface area contributed by atoms with Crippen LogP contribution in [0.1, 0.15) is 5.69 Å². The van der Waals surface area contributed by atoms with Gasteiger partial charge in [-0.1, -0.05) is 0 Å². The Morgan fingerprint density at radius 1 is 1.24 bits per heavy atom. The first-order valence-electron chi connectivity index (χ1n) is 8.11. The maximum atomic E-state index is 12.9. The predicted molar refractivity (Wildman–Crippen MR) is 97.4 cm³/mol. The summed E-state index contributed by atoms with van der Waals surface area (Å²) in [6, 6.07) is 1.66. The number of rotatable bonds is 5. The third-order valence-corrected chi connectivity index (χ3v) is 7.12. The second-order valence-corrected chi connectivity index (χ2v) is 9.77. The van der Waals surface area contributed by atoms with Gasteiger partial charge in [0, 0.05) is 74.2 Å². The molecule has 3 rings (SSSR count). The summed E-state index contributed by atoms with van der Waals surface area (Å²) in [6.07, 6.45) is 3.09. The molecule has 1 saturated heterocycles. The van der Waals surface area contributed by atoms with Crippen LogP contribution in [0.5, 0.6) is 0 Å². The molecule has 1 unspecified atom stereocenters. The molecule has 1 fully saturated rings. The molecule has 1 aliphatic rings. The van der Waals surface area contributed by atoms with Gasteiger partial charge >= 0.3 is 0 Å². The van der Waals surface area contributed by atoms with Crippen molar-refractivity contribution in [1.29, 1.82) is 0 Å². The summed E-state index contributed by atoms with van der Waals surface area (Å²) < 4.78 is 40.2. The van der Waals surface area contributed by atoms with E-state index in [-0.39, 0.29) is 4.90 Å². The molecular formula is C15H23N5O3S2. The van der Waals surface area contributed by atoms with Gasteiger partial charge in [-0.3, -0.25) is 13.8 Å². The summed E-state index contributed by atoms with van der Waals surface area (Å²) in [6.45, 7) is 4.75. The minimum absolute atomic E-state index is 0.208. The van der Waals surface area contributed by atoms with Crippen LogP contribution in [0.2, 0.25) is 0 Å². The third kappa shape index (κ3) is 3.76. The molecule has 3 heterocycles. The molecule has 138 valence electrons. The Bertz CT molecular complexity index is 901. The zero-order valence-corrected chi connectivity index (χ0v) is 16.3. The van der Waals surface area contributed by atoms with Gasteiger partial charge in [0.1, 0.15) is 4.90 Å². The second kappa shape index (κ2) is 7.10. The number of sulfonamides is 1. The molecule has 1 atom stereocenters. The zero-order valence-electron chi connectivity index (χ0n) is 14.7. The standard InChI is InChI=1S/C15H23N5O3S2/c1-12-14-10-13(11-16-15(14)18(2)17-12)25(22,23)20-6-4-19(5-7-20)8-9-24(3)21/h10-11H,4-9H2,1-3H3. The summed E-state index contributed by atoms with van der Waals surface area (Å²) in [5.41, 5.74) is 1.44. The van der Waals surface area contributed by atoms with Crippen molar-refractivity contribution in [3.8, 4) is 0 Å². The Morgan fingerprint density at radius 2 is 1.92 bits per heavy atom. The lowest BCUT2D eigenvalue weighted by Crippen LogP contribution is -2.49. The number of aryl methyl sites for hydroxylation is 2. The molecule has 10 heteroatoms. The Morgan fingerprint density at radius 3 is 2.56 bits per heavy atom. The first kappa shape index (κ1) is 18.4. The van der Waals surface area contributed by atoms with Crippen molar-refractivity contribution < 1.29 is 12.6 Å². The first-order valence-corrected chi connectivity index (χ1v) is 11.3. The first-order chi connectivity index (χ1) is 11.8. The molecule has 0 aromatic carbocycles. The number of aromatic nitrogens is 3. The van der Waals surface area contributed by atoms with Crippen molar-refractivity contribution in [3.63, 3.8) is 0 Å². The quantitative estimate of drug-likeness (QED) is 0.718. The average molecular weight is 386 g/mol. The Balaban J connectivity index is 1.76. The van der Waals surface area contributed by atoms with Crippen molar-refractivity contribution in [2.24, 2.45) is 7.05 Å². The molecule has 25 heavy (non-hydrogen) atoms. The number of fused-ring (bicyclic) bond motifs is 1. The van der Waals surface area contributed by atoms with Gasteiger partial charge in [0.25, 0.3) is 0 Å². The Labute approximate surface area is 150 Å². The van der Waals surface area contributed by atoms with E-state index in [1.54, 1.807) is 24.1 Å². The number of nitrogens with zero attached hydrogens (tertiary/aromatic N) is 5. The van der Waals surface area contributed by atoms with Gasteiger partial charge in [-0.15, -0.1) is 0 Å². The zero-order chi connectivity index (χ0) is 18.2. The van der Waals surface area contributed by atoms with Gasteiger partial charge < -0.3 is 0 Å². The minimum Gasteiger partial charge on any atom is -0.300 e. The fourth-order valence-corrected chi connectivity index (χ4v) is 4.94. The average Bonchev–Trinajstić information content (AvgIpc) is 2.87.